The van der Waals surface area contributed by atoms with Gasteiger partial charge in [-0.05, 0) is 36.2 Å². The Morgan fingerprint density at radius 1 is 1.05 bits per heavy atom. The minimum absolute atomic E-state index is 0.000910. The second-order valence-electron chi connectivity index (χ2n) is 4.72. The van der Waals surface area contributed by atoms with Crippen LogP contribution in [0.25, 0.3) is 0 Å². The third kappa shape index (κ3) is 4.20. The van der Waals surface area contributed by atoms with Crippen LogP contribution < -0.4 is 9.47 Å². The number of ether oxygens (including phenoxy) is 2. The maximum Gasteiger partial charge on any atom is 0.161 e. The molecular weight excluding hydrogens is 271 g/mol. The minimum atomic E-state index is -0.277. The standard InChI is InChI=1S/C17H19FO3/c1-20-16-4-2-3-5-17(16)21-11-10-14(12-19)13-6-8-15(18)9-7-13/h2-9,14,19H,10-12H2,1H3. The fraction of sp³-hybridized carbons (Fsp3) is 0.294. The lowest BCUT2D eigenvalue weighted by Crippen LogP contribution is -2.10. The lowest BCUT2D eigenvalue weighted by molar-refractivity contribution is 0.225. The van der Waals surface area contributed by atoms with Crippen LogP contribution >= 0.6 is 0 Å². The van der Waals surface area contributed by atoms with E-state index in [1.807, 2.05) is 24.3 Å². The van der Waals surface area contributed by atoms with Gasteiger partial charge < -0.3 is 14.6 Å². The monoisotopic (exact) mass is 290 g/mol. The molecule has 0 saturated carbocycles. The minimum Gasteiger partial charge on any atom is -0.493 e. The number of rotatable bonds is 7. The molecule has 0 amide bonds. The molecule has 1 atom stereocenters. The first-order valence-corrected chi connectivity index (χ1v) is 6.86. The van der Waals surface area contributed by atoms with Gasteiger partial charge in [-0.1, -0.05) is 24.3 Å². The lowest BCUT2D eigenvalue weighted by atomic mass is 9.97. The van der Waals surface area contributed by atoms with Crippen LogP contribution in [0.5, 0.6) is 11.5 Å². The van der Waals surface area contributed by atoms with E-state index in [2.05, 4.69) is 0 Å². The van der Waals surface area contributed by atoms with Crippen molar-refractivity contribution in [1.29, 1.82) is 0 Å². The first-order valence-electron chi connectivity index (χ1n) is 6.86. The molecule has 3 nitrogen and oxygen atoms in total. The van der Waals surface area contributed by atoms with E-state index in [4.69, 9.17) is 9.47 Å². The Hall–Kier alpha value is -2.07. The number of para-hydroxylation sites is 2. The molecule has 1 unspecified atom stereocenters. The van der Waals surface area contributed by atoms with Gasteiger partial charge in [0.2, 0.25) is 0 Å². The molecule has 0 bridgehead atoms. The Morgan fingerprint density at radius 2 is 1.71 bits per heavy atom. The highest BCUT2D eigenvalue weighted by Crippen LogP contribution is 2.27. The Labute approximate surface area is 124 Å². The summed E-state index contributed by atoms with van der Waals surface area (Å²) >= 11 is 0. The van der Waals surface area contributed by atoms with Gasteiger partial charge in [-0.15, -0.1) is 0 Å². The van der Waals surface area contributed by atoms with Gasteiger partial charge in [-0.25, -0.2) is 4.39 Å². The van der Waals surface area contributed by atoms with E-state index in [9.17, 15) is 9.50 Å². The van der Waals surface area contributed by atoms with Crippen LogP contribution in [0.15, 0.2) is 48.5 Å². The van der Waals surface area contributed by atoms with Crippen LogP contribution in [0.1, 0.15) is 17.9 Å². The molecule has 0 fully saturated rings. The van der Waals surface area contributed by atoms with E-state index >= 15 is 0 Å². The van der Waals surface area contributed by atoms with E-state index < -0.39 is 0 Å². The topological polar surface area (TPSA) is 38.7 Å². The molecule has 0 radical (unpaired) electrons. The highest BCUT2D eigenvalue weighted by atomic mass is 19.1. The second-order valence-corrected chi connectivity index (χ2v) is 4.72. The zero-order valence-electron chi connectivity index (χ0n) is 12.0. The van der Waals surface area contributed by atoms with E-state index in [1.165, 1.54) is 12.1 Å². The Balaban J connectivity index is 1.93. The molecular formula is C17H19FO3. The molecule has 2 aromatic carbocycles. The smallest absolute Gasteiger partial charge is 0.161 e. The summed E-state index contributed by atoms with van der Waals surface area (Å²) in [5.41, 5.74) is 0.905. The van der Waals surface area contributed by atoms with Gasteiger partial charge in [0, 0.05) is 5.92 Å². The molecule has 2 rings (SSSR count). The molecule has 0 aromatic heterocycles. The van der Waals surface area contributed by atoms with Gasteiger partial charge in [0.15, 0.2) is 11.5 Å². The summed E-state index contributed by atoms with van der Waals surface area (Å²) in [4.78, 5) is 0. The maximum atomic E-state index is 12.9. The molecule has 0 heterocycles. The van der Waals surface area contributed by atoms with Crippen LogP contribution in [0, 0.1) is 5.82 Å². The van der Waals surface area contributed by atoms with E-state index in [1.54, 1.807) is 19.2 Å². The quantitative estimate of drug-likeness (QED) is 0.849. The zero-order valence-corrected chi connectivity index (χ0v) is 12.0. The fourth-order valence-corrected chi connectivity index (χ4v) is 2.15. The van der Waals surface area contributed by atoms with Gasteiger partial charge in [0.1, 0.15) is 5.82 Å². The van der Waals surface area contributed by atoms with Crippen molar-refractivity contribution < 1.29 is 19.0 Å². The van der Waals surface area contributed by atoms with Gasteiger partial charge in [0.25, 0.3) is 0 Å². The van der Waals surface area contributed by atoms with Crippen molar-refractivity contribution in [3.63, 3.8) is 0 Å². The van der Waals surface area contributed by atoms with E-state index in [-0.39, 0.29) is 18.3 Å². The second kappa shape index (κ2) is 7.64. The van der Waals surface area contributed by atoms with Crippen LogP contribution in [0.3, 0.4) is 0 Å². The normalized spacial score (nSPS) is 12.0. The molecule has 0 aliphatic carbocycles. The summed E-state index contributed by atoms with van der Waals surface area (Å²) in [7, 11) is 1.59. The van der Waals surface area contributed by atoms with E-state index in [0.717, 1.165) is 5.56 Å². The summed E-state index contributed by atoms with van der Waals surface area (Å²) in [5, 5.41) is 9.47. The highest BCUT2D eigenvalue weighted by molar-refractivity contribution is 5.39. The molecule has 0 spiro atoms. The summed E-state index contributed by atoms with van der Waals surface area (Å²) in [6, 6.07) is 13.6. The van der Waals surface area contributed by atoms with Gasteiger partial charge in [0.05, 0.1) is 20.3 Å². The molecule has 0 saturated heterocycles. The van der Waals surface area contributed by atoms with Crippen LogP contribution in [-0.2, 0) is 0 Å². The Bertz CT molecular complexity index is 554. The SMILES string of the molecule is COc1ccccc1OCCC(CO)c1ccc(F)cc1. The number of halogens is 1. The molecule has 0 aliphatic heterocycles. The molecule has 0 aliphatic rings. The molecule has 1 N–H and O–H groups in total. The van der Waals surface area contributed by atoms with Crippen molar-refractivity contribution >= 4 is 0 Å². The number of hydrogen-bond donors (Lipinski definition) is 1. The predicted molar refractivity (Wildman–Crippen MR) is 79.3 cm³/mol. The van der Waals surface area contributed by atoms with Crippen molar-refractivity contribution in [2.24, 2.45) is 0 Å². The predicted octanol–water partition coefficient (Wildman–Crippen LogP) is 3.38. The maximum absolute atomic E-state index is 12.9. The van der Waals surface area contributed by atoms with Crippen LogP contribution in [-0.4, -0.2) is 25.4 Å². The summed E-state index contributed by atoms with van der Waals surface area (Å²) in [5.74, 6) is 1.01. The molecule has 2 aromatic rings. The highest BCUT2D eigenvalue weighted by Gasteiger charge is 2.11. The first-order chi connectivity index (χ1) is 10.2. The summed E-state index contributed by atoms with van der Waals surface area (Å²) in [6.07, 6.45) is 0.639. The summed E-state index contributed by atoms with van der Waals surface area (Å²) < 4.78 is 23.8. The van der Waals surface area contributed by atoms with Gasteiger partial charge >= 0.3 is 0 Å². The van der Waals surface area contributed by atoms with Gasteiger partial charge in [-0.3, -0.25) is 0 Å². The average Bonchev–Trinajstić information content (AvgIpc) is 2.53. The molecule has 21 heavy (non-hydrogen) atoms. The average molecular weight is 290 g/mol. The van der Waals surface area contributed by atoms with Crippen molar-refractivity contribution in [1.82, 2.24) is 0 Å². The van der Waals surface area contributed by atoms with Gasteiger partial charge in [-0.2, -0.15) is 0 Å². The number of aliphatic hydroxyl groups is 1. The largest absolute Gasteiger partial charge is 0.493 e. The fourth-order valence-electron chi connectivity index (χ4n) is 2.15. The third-order valence-electron chi connectivity index (χ3n) is 3.35. The zero-order chi connectivity index (χ0) is 15.1. The number of hydrogen-bond acceptors (Lipinski definition) is 3. The van der Waals surface area contributed by atoms with E-state index in [0.29, 0.717) is 24.5 Å². The summed E-state index contributed by atoms with van der Waals surface area (Å²) in [6.45, 7) is 0.448. The van der Waals surface area contributed by atoms with Crippen LogP contribution in [0.4, 0.5) is 4.39 Å². The van der Waals surface area contributed by atoms with Crippen molar-refractivity contribution in [2.75, 3.05) is 20.3 Å². The Kier molecular flexibility index (Phi) is 5.58. The number of benzene rings is 2. The van der Waals surface area contributed by atoms with Crippen molar-refractivity contribution in [2.45, 2.75) is 12.3 Å². The molecule has 112 valence electrons. The Morgan fingerprint density at radius 3 is 2.33 bits per heavy atom. The number of methoxy groups -OCH3 is 1. The lowest BCUT2D eigenvalue weighted by Gasteiger charge is -2.16. The third-order valence-corrected chi connectivity index (χ3v) is 3.35. The van der Waals surface area contributed by atoms with Crippen molar-refractivity contribution in [3.8, 4) is 11.5 Å². The number of aliphatic hydroxyl groups excluding tert-OH is 1. The first kappa shape index (κ1) is 15.3. The molecule has 4 heteroatoms. The van der Waals surface area contributed by atoms with Crippen molar-refractivity contribution in [3.05, 3.63) is 59.9 Å². The van der Waals surface area contributed by atoms with Crippen LogP contribution in [0.2, 0.25) is 0 Å².